The molecule has 2 N–H and O–H groups in total. The number of urea groups is 1. The molecule has 1 unspecified atom stereocenters. The molecule has 108 valence electrons. The number of nitrogens with one attached hydrogen (secondary N) is 2. The molecule has 0 radical (unpaired) electrons. The number of imide groups is 1. The molecule has 6 nitrogen and oxygen atoms in total. The highest BCUT2D eigenvalue weighted by molar-refractivity contribution is 6.06. The van der Waals surface area contributed by atoms with Crippen molar-refractivity contribution in [3.05, 3.63) is 0 Å². The SMILES string of the molecule is CN(CCN1C(=O)NC(C)(C)C1=O)C1CCCNC1. The van der Waals surface area contributed by atoms with Crippen molar-refractivity contribution >= 4 is 11.9 Å². The van der Waals surface area contributed by atoms with E-state index in [1.165, 1.54) is 17.7 Å². The van der Waals surface area contributed by atoms with Crippen LogP contribution in [0, 0.1) is 0 Å². The summed E-state index contributed by atoms with van der Waals surface area (Å²) in [5.74, 6) is -0.132. The second kappa shape index (κ2) is 5.46. The third-order valence-corrected chi connectivity index (χ3v) is 4.01. The van der Waals surface area contributed by atoms with Gasteiger partial charge in [-0.3, -0.25) is 9.69 Å². The molecule has 2 aliphatic rings. The largest absolute Gasteiger partial charge is 0.325 e. The van der Waals surface area contributed by atoms with E-state index in [1.807, 2.05) is 0 Å². The average molecular weight is 268 g/mol. The van der Waals surface area contributed by atoms with E-state index < -0.39 is 5.54 Å². The first kappa shape index (κ1) is 14.3. The van der Waals surface area contributed by atoms with E-state index >= 15 is 0 Å². The zero-order chi connectivity index (χ0) is 14.0. The number of hydrogen-bond donors (Lipinski definition) is 2. The zero-order valence-corrected chi connectivity index (χ0v) is 12.0. The lowest BCUT2D eigenvalue weighted by atomic mass is 10.1. The van der Waals surface area contributed by atoms with Gasteiger partial charge >= 0.3 is 6.03 Å². The lowest BCUT2D eigenvalue weighted by Gasteiger charge is -2.32. The first-order chi connectivity index (χ1) is 8.92. The van der Waals surface area contributed by atoms with Gasteiger partial charge in [-0.05, 0) is 40.3 Å². The average Bonchev–Trinajstić information content (AvgIpc) is 2.57. The van der Waals surface area contributed by atoms with E-state index in [2.05, 4.69) is 22.6 Å². The molecule has 0 aliphatic carbocycles. The number of likely N-dealkylation sites (N-methyl/N-ethyl adjacent to an activating group) is 1. The van der Waals surface area contributed by atoms with Gasteiger partial charge in [0.25, 0.3) is 5.91 Å². The fourth-order valence-corrected chi connectivity index (χ4v) is 2.67. The van der Waals surface area contributed by atoms with Crippen LogP contribution in [0.15, 0.2) is 0 Å². The molecule has 0 spiro atoms. The van der Waals surface area contributed by atoms with Crippen molar-refractivity contribution < 1.29 is 9.59 Å². The molecule has 2 heterocycles. The van der Waals surface area contributed by atoms with Crippen LogP contribution in [-0.4, -0.2) is 66.5 Å². The van der Waals surface area contributed by atoms with Crippen molar-refractivity contribution in [3.63, 3.8) is 0 Å². The molecule has 0 bridgehead atoms. The Labute approximate surface area is 114 Å². The lowest BCUT2D eigenvalue weighted by molar-refractivity contribution is -0.130. The van der Waals surface area contributed by atoms with Gasteiger partial charge in [0, 0.05) is 25.7 Å². The van der Waals surface area contributed by atoms with Gasteiger partial charge in [-0.2, -0.15) is 0 Å². The Morgan fingerprint density at radius 2 is 2.16 bits per heavy atom. The van der Waals surface area contributed by atoms with Gasteiger partial charge in [0.05, 0.1) is 0 Å². The monoisotopic (exact) mass is 268 g/mol. The maximum Gasteiger partial charge on any atom is 0.325 e. The summed E-state index contributed by atoms with van der Waals surface area (Å²) in [5.41, 5.74) is -0.762. The van der Waals surface area contributed by atoms with Crippen molar-refractivity contribution in [2.24, 2.45) is 0 Å². The van der Waals surface area contributed by atoms with Crippen molar-refractivity contribution in [3.8, 4) is 0 Å². The number of amides is 3. The summed E-state index contributed by atoms with van der Waals surface area (Å²) in [4.78, 5) is 27.4. The third-order valence-electron chi connectivity index (χ3n) is 4.01. The summed E-state index contributed by atoms with van der Waals surface area (Å²) in [6.07, 6.45) is 2.36. The van der Waals surface area contributed by atoms with Crippen molar-refractivity contribution in [1.82, 2.24) is 20.4 Å². The Morgan fingerprint density at radius 1 is 1.42 bits per heavy atom. The smallest absolute Gasteiger partial charge is 0.324 e. The summed E-state index contributed by atoms with van der Waals surface area (Å²) >= 11 is 0. The Morgan fingerprint density at radius 3 is 2.68 bits per heavy atom. The molecule has 0 aromatic heterocycles. The molecule has 2 rings (SSSR count). The molecule has 0 aromatic rings. The van der Waals surface area contributed by atoms with Crippen LogP contribution < -0.4 is 10.6 Å². The summed E-state index contributed by atoms with van der Waals surface area (Å²) in [6.45, 7) is 6.74. The van der Waals surface area contributed by atoms with Gasteiger partial charge in [-0.25, -0.2) is 4.79 Å². The number of hydrogen-bond acceptors (Lipinski definition) is 4. The quantitative estimate of drug-likeness (QED) is 0.705. The van der Waals surface area contributed by atoms with Crippen LogP contribution in [0.1, 0.15) is 26.7 Å². The Balaban J connectivity index is 1.85. The van der Waals surface area contributed by atoms with E-state index in [0.29, 0.717) is 12.6 Å². The molecule has 3 amide bonds. The number of carbonyl (C=O) groups excluding carboxylic acids is 2. The first-order valence-electron chi connectivity index (χ1n) is 6.97. The van der Waals surface area contributed by atoms with E-state index in [0.717, 1.165) is 19.6 Å². The van der Waals surface area contributed by atoms with Gasteiger partial charge in [0.2, 0.25) is 0 Å². The van der Waals surface area contributed by atoms with Gasteiger partial charge in [-0.15, -0.1) is 0 Å². The normalized spacial score (nSPS) is 26.9. The third kappa shape index (κ3) is 3.06. The Bertz CT molecular complexity index is 364. The molecule has 1 atom stereocenters. The van der Waals surface area contributed by atoms with Crippen LogP contribution in [0.25, 0.3) is 0 Å². The van der Waals surface area contributed by atoms with Crippen LogP contribution in [0.5, 0.6) is 0 Å². The second-order valence-electron chi connectivity index (χ2n) is 5.99. The molecule has 19 heavy (non-hydrogen) atoms. The fraction of sp³-hybridized carbons (Fsp3) is 0.846. The van der Waals surface area contributed by atoms with Gasteiger partial charge < -0.3 is 15.5 Å². The number of piperidine rings is 1. The summed E-state index contributed by atoms with van der Waals surface area (Å²) < 4.78 is 0. The predicted molar refractivity (Wildman–Crippen MR) is 72.8 cm³/mol. The van der Waals surface area contributed by atoms with Crippen LogP contribution in [-0.2, 0) is 4.79 Å². The minimum Gasteiger partial charge on any atom is -0.324 e. The molecular formula is C13H24N4O2. The standard InChI is InChI=1S/C13H24N4O2/c1-13(2)11(18)17(12(19)15-13)8-7-16(3)10-5-4-6-14-9-10/h10,14H,4-9H2,1-3H3,(H,15,19). The van der Waals surface area contributed by atoms with Gasteiger partial charge in [0.1, 0.15) is 5.54 Å². The van der Waals surface area contributed by atoms with Crippen molar-refractivity contribution in [2.75, 3.05) is 33.2 Å². The van der Waals surface area contributed by atoms with Crippen LogP contribution in [0.3, 0.4) is 0 Å². The topological polar surface area (TPSA) is 64.7 Å². The lowest BCUT2D eigenvalue weighted by Crippen LogP contribution is -2.47. The molecule has 6 heteroatoms. The van der Waals surface area contributed by atoms with E-state index in [1.54, 1.807) is 13.8 Å². The van der Waals surface area contributed by atoms with Crippen LogP contribution in [0.2, 0.25) is 0 Å². The molecule has 2 aliphatic heterocycles. The fourth-order valence-electron chi connectivity index (χ4n) is 2.67. The predicted octanol–water partition coefficient (Wildman–Crippen LogP) is 0.000600. The minimum atomic E-state index is -0.762. The molecule has 2 saturated heterocycles. The highest BCUT2D eigenvalue weighted by Crippen LogP contribution is 2.16. The van der Waals surface area contributed by atoms with Crippen LogP contribution >= 0.6 is 0 Å². The maximum absolute atomic E-state index is 12.0. The number of rotatable bonds is 4. The molecule has 0 saturated carbocycles. The summed E-state index contributed by atoms with van der Waals surface area (Å²) in [6, 6.07) is 0.229. The van der Waals surface area contributed by atoms with E-state index in [9.17, 15) is 9.59 Å². The van der Waals surface area contributed by atoms with Gasteiger partial charge in [-0.1, -0.05) is 0 Å². The zero-order valence-electron chi connectivity index (χ0n) is 12.0. The Kier molecular flexibility index (Phi) is 4.10. The number of carbonyl (C=O) groups is 2. The molecule has 2 fully saturated rings. The minimum absolute atomic E-state index is 0.132. The Hall–Kier alpha value is -1.14. The summed E-state index contributed by atoms with van der Waals surface area (Å²) in [7, 11) is 2.06. The first-order valence-corrected chi connectivity index (χ1v) is 6.97. The maximum atomic E-state index is 12.0. The van der Waals surface area contributed by atoms with Crippen LogP contribution in [0.4, 0.5) is 4.79 Å². The van der Waals surface area contributed by atoms with E-state index in [4.69, 9.17) is 0 Å². The highest BCUT2D eigenvalue weighted by atomic mass is 16.2. The van der Waals surface area contributed by atoms with Crippen molar-refractivity contribution in [2.45, 2.75) is 38.3 Å². The van der Waals surface area contributed by atoms with Crippen molar-refractivity contribution in [1.29, 1.82) is 0 Å². The highest BCUT2D eigenvalue weighted by Gasteiger charge is 2.43. The number of nitrogens with zero attached hydrogens (tertiary/aromatic N) is 2. The molecule has 0 aromatic carbocycles. The van der Waals surface area contributed by atoms with E-state index in [-0.39, 0.29) is 11.9 Å². The molecular weight excluding hydrogens is 244 g/mol. The second-order valence-corrected chi connectivity index (χ2v) is 5.99. The van der Waals surface area contributed by atoms with Gasteiger partial charge in [0.15, 0.2) is 0 Å². The summed E-state index contributed by atoms with van der Waals surface area (Å²) in [5, 5.41) is 6.08.